The quantitative estimate of drug-likeness (QED) is 0.484. The van der Waals surface area contributed by atoms with Gasteiger partial charge < -0.3 is 0 Å². The fraction of sp³-hybridized carbons (Fsp3) is 0.625. The maximum absolute atomic E-state index is 4.82. The van der Waals surface area contributed by atoms with Crippen molar-refractivity contribution in [2.24, 2.45) is 4.99 Å². The number of hydrogen-bond donors (Lipinski definition) is 0. The zero-order chi connectivity index (χ0) is 13.3. The first kappa shape index (κ1) is 14.9. The van der Waals surface area contributed by atoms with E-state index in [0.29, 0.717) is 0 Å². The van der Waals surface area contributed by atoms with E-state index in [1.165, 1.54) is 32.1 Å². The number of unbranched alkanes of at least 4 members (excludes halogenated alkanes) is 2. The smallest absolute Gasteiger partial charge is 0.0580 e. The highest BCUT2D eigenvalue weighted by Crippen LogP contribution is 2.25. The molecule has 1 rings (SSSR count). The molecule has 0 aliphatic rings. The Bertz CT molecular complexity index is 345. The lowest BCUT2D eigenvalue weighted by Gasteiger charge is -2.24. The van der Waals surface area contributed by atoms with Crippen LogP contribution in [0.3, 0.4) is 0 Å². The number of rotatable bonds is 8. The summed E-state index contributed by atoms with van der Waals surface area (Å²) in [7, 11) is 0. The third-order valence-corrected chi connectivity index (χ3v) is 3.32. The van der Waals surface area contributed by atoms with E-state index in [1.54, 1.807) is 6.20 Å². The minimum absolute atomic E-state index is 0.0970. The molecule has 0 aromatic carbocycles. The average Bonchev–Trinajstić information content (AvgIpc) is 2.39. The first-order valence-corrected chi connectivity index (χ1v) is 7.15. The first-order chi connectivity index (χ1) is 8.70. The highest BCUT2D eigenvalue weighted by molar-refractivity contribution is 5.79. The molecule has 0 radical (unpaired) electrons. The van der Waals surface area contributed by atoms with Gasteiger partial charge in [0.25, 0.3) is 0 Å². The number of aromatic nitrogens is 1. The lowest BCUT2D eigenvalue weighted by molar-refractivity contribution is 0.384. The van der Waals surface area contributed by atoms with E-state index in [-0.39, 0.29) is 5.54 Å². The molecule has 0 aliphatic heterocycles. The molecule has 1 aromatic heterocycles. The van der Waals surface area contributed by atoms with Crippen LogP contribution in [0.1, 0.15) is 64.9 Å². The topological polar surface area (TPSA) is 25.2 Å². The van der Waals surface area contributed by atoms with Crippen LogP contribution in [-0.2, 0) is 0 Å². The second-order valence-electron chi connectivity index (χ2n) is 5.25. The van der Waals surface area contributed by atoms with Crippen LogP contribution in [0.5, 0.6) is 0 Å². The summed E-state index contributed by atoms with van der Waals surface area (Å²) in [5, 5.41) is 0. The zero-order valence-corrected chi connectivity index (χ0v) is 12.0. The summed E-state index contributed by atoms with van der Waals surface area (Å²) in [6, 6.07) is 4.00. The Hall–Kier alpha value is -1.18. The lowest BCUT2D eigenvalue weighted by Crippen LogP contribution is -2.22. The van der Waals surface area contributed by atoms with Crippen molar-refractivity contribution < 1.29 is 0 Å². The van der Waals surface area contributed by atoms with Crippen molar-refractivity contribution in [3.05, 3.63) is 30.1 Å². The fourth-order valence-corrected chi connectivity index (χ4v) is 2.23. The summed E-state index contributed by atoms with van der Waals surface area (Å²) in [5.74, 6) is 0. The molecule has 0 bridgehead atoms. The van der Waals surface area contributed by atoms with Gasteiger partial charge in [-0.25, -0.2) is 0 Å². The minimum atomic E-state index is 0.0970. The van der Waals surface area contributed by atoms with Gasteiger partial charge in [0.15, 0.2) is 0 Å². The Morgan fingerprint density at radius 3 is 2.67 bits per heavy atom. The summed E-state index contributed by atoms with van der Waals surface area (Å²) in [4.78, 5) is 8.94. The molecule has 1 heterocycles. The lowest BCUT2D eigenvalue weighted by atomic mass is 9.90. The molecule has 0 amide bonds. The van der Waals surface area contributed by atoms with Crippen LogP contribution in [-0.4, -0.2) is 16.7 Å². The van der Waals surface area contributed by atoms with Gasteiger partial charge in [0.05, 0.1) is 5.54 Å². The Morgan fingerprint density at radius 2 is 2.06 bits per heavy atom. The number of pyridine rings is 1. The maximum Gasteiger partial charge on any atom is 0.0580 e. The molecular formula is C16H26N2. The van der Waals surface area contributed by atoms with Crippen molar-refractivity contribution in [1.29, 1.82) is 0 Å². The molecule has 100 valence electrons. The Balaban J connectivity index is 2.63. The van der Waals surface area contributed by atoms with Gasteiger partial charge in [-0.2, -0.15) is 0 Å². The van der Waals surface area contributed by atoms with E-state index in [2.05, 4.69) is 31.8 Å². The van der Waals surface area contributed by atoms with E-state index in [9.17, 15) is 0 Å². The van der Waals surface area contributed by atoms with Crippen LogP contribution < -0.4 is 0 Å². The summed E-state index contributed by atoms with van der Waals surface area (Å²) < 4.78 is 0. The zero-order valence-electron chi connectivity index (χ0n) is 12.0. The SMILES string of the molecule is CCCCCC(C)(CCC)N=Cc1cccnc1. The molecular weight excluding hydrogens is 220 g/mol. The Kier molecular flexibility index (Phi) is 6.63. The van der Waals surface area contributed by atoms with Crippen LogP contribution in [0, 0.1) is 0 Å². The van der Waals surface area contributed by atoms with Crippen molar-refractivity contribution >= 4 is 6.21 Å². The number of nitrogens with zero attached hydrogens (tertiary/aromatic N) is 2. The summed E-state index contributed by atoms with van der Waals surface area (Å²) in [5.41, 5.74) is 1.19. The molecule has 0 saturated heterocycles. The standard InChI is InChI=1S/C16H26N2/c1-4-6-7-11-16(3,10-5-2)18-14-15-9-8-12-17-13-15/h8-9,12-14H,4-7,10-11H2,1-3H3. The average molecular weight is 246 g/mol. The van der Waals surface area contributed by atoms with Gasteiger partial charge in [-0.1, -0.05) is 45.6 Å². The summed E-state index contributed by atoms with van der Waals surface area (Å²) in [6.45, 7) is 6.76. The molecule has 1 unspecified atom stereocenters. The van der Waals surface area contributed by atoms with Crippen LogP contribution in [0.25, 0.3) is 0 Å². The van der Waals surface area contributed by atoms with Gasteiger partial charge in [0, 0.05) is 24.2 Å². The minimum Gasteiger partial charge on any atom is -0.286 e. The van der Waals surface area contributed by atoms with Gasteiger partial charge in [-0.3, -0.25) is 9.98 Å². The normalized spacial score (nSPS) is 14.8. The van der Waals surface area contributed by atoms with E-state index in [0.717, 1.165) is 12.0 Å². The predicted octanol–water partition coefficient (Wildman–Crippen LogP) is 4.64. The van der Waals surface area contributed by atoms with Crippen molar-refractivity contribution in [1.82, 2.24) is 4.98 Å². The fourth-order valence-electron chi connectivity index (χ4n) is 2.23. The number of aliphatic imine (C=N–C) groups is 1. The Morgan fingerprint density at radius 1 is 1.22 bits per heavy atom. The second kappa shape index (κ2) is 8.02. The third-order valence-electron chi connectivity index (χ3n) is 3.32. The van der Waals surface area contributed by atoms with Crippen molar-refractivity contribution in [2.75, 3.05) is 0 Å². The van der Waals surface area contributed by atoms with Crippen LogP contribution >= 0.6 is 0 Å². The molecule has 18 heavy (non-hydrogen) atoms. The van der Waals surface area contributed by atoms with Gasteiger partial charge in [0.1, 0.15) is 0 Å². The molecule has 2 nitrogen and oxygen atoms in total. The highest BCUT2D eigenvalue weighted by Gasteiger charge is 2.20. The van der Waals surface area contributed by atoms with Crippen LogP contribution in [0.15, 0.2) is 29.5 Å². The van der Waals surface area contributed by atoms with Crippen LogP contribution in [0.2, 0.25) is 0 Å². The molecule has 0 N–H and O–H groups in total. The second-order valence-corrected chi connectivity index (χ2v) is 5.25. The van der Waals surface area contributed by atoms with Gasteiger partial charge in [-0.15, -0.1) is 0 Å². The molecule has 0 fully saturated rings. The van der Waals surface area contributed by atoms with Crippen molar-refractivity contribution in [3.63, 3.8) is 0 Å². The monoisotopic (exact) mass is 246 g/mol. The molecule has 0 aliphatic carbocycles. The predicted molar refractivity (Wildman–Crippen MR) is 79.3 cm³/mol. The van der Waals surface area contributed by atoms with E-state index in [4.69, 9.17) is 4.99 Å². The third kappa shape index (κ3) is 5.44. The van der Waals surface area contributed by atoms with Crippen LogP contribution in [0.4, 0.5) is 0 Å². The molecule has 1 aromatic rings. The summed E-state index contributed by atoms with van der Waals surface area (Å²) >= 11 is 0. The molecule has 1 atom stereocenters. The Labute approximate surface area is 112 Å². The first-order valence-electron chi connectivity index (χ1n) is 7.15. The van der Waals surface area contributed by atoms with E-state index >= 15 is 0 Å². The molecule has 0 spiro atoms. The number of hydrogen-bond acceptors (Lipinski definition) is 2. The molecule has 2 heteroatoms. The van der Waals surface area contributed by atoms with Gasteiger partial charge in [-0.05, 0) is 25.8 Å². The maximum atomic E-state index is 4.82. The van der Waals surface area contributed by atoms with Crippen molar-refractivity contribution in [2.45, 2.75) is 64.8 Å². The van der Waals surface area contributed by atoms with E-state index in [1.807, 2.05) is 18.5 Å². The highest BCUT2D eigenvalue weighted by atomic mass is 14.8. The van der Waals surface area contributed by atoms with Gasteiger partial charge in [0.2, 0.25) is 0 Å². The van der Waals surface area contributed by atoms with E-state index < -0.39 is 0 Å². The van der Waals surface area contributed by atoms with Crippen molar-refractivity contribution in [3.8, 4) is 0 Å². The summed E-state index contributed by atoms with van der Waals surface area (Å²) in [6.07, 6.45) is 13.0. The largest absolute Gasteiger partial charge is 0.286 e. The molecule has 0 saturated carbocycles. The van der Waals surface area contributed by atoms with Gasteiger partial charge >= 0.3 is 0 Å².